The third-order valence-corrected chi connectivity index (χ3v) is 7.08. The number of hydrogen-bond acceptors (Lipinski definition) is 4. The molecule has 2 atom stereocenters. The normalized spacial score (nSPS) is 16.4. The predicted octanol–water partition coefficient (Wildman–Crippen LogP) is 5.32. The summed E-state index contributed by atoms with van der Waals surface area (Å²) < 4.78 is 17.4. The van der Waals surface area contributed by atoms with E-state index in [1.807, 2.05) is 20.8 Å². The van der Waals surface area contributed by atoms with Crippen LogP contribution in [0.15, 0.2) is 0 Å². The van der Waals surface area contributed by atoms with Crippen molar-refractivity contribution in [2.75, 3.05) is 33.5 Å². The van der Waals surface area contributed by atoms with Gasteiger partial charge in [0.05, 0.1) is 24.4 Å². The van der Waals surface area contributed by atoms with E-state index >= 15 is 0 Å². The summed E-state index contributed by atoms with van der Waals surface area (Å²) in [6, 6.07) is 0. The van der Waals surface area contributed by atoms with Crippen molar-refractivity contribution in [1.82, 2.24) is 0 Å². The first kappa shape index (κ1) is 26.8. The van der Waals surface area contributed by atoms with Gasteiger partial charge < -0.3 is 19.3 Å². The molecule has 0 saturated carbocycles. The molecule has 1 N–H and O–H groups in total. The van der Waals surface area contributed by atoms with Crippen molar-refractivity contribution in [2.45, 2.75) is 93.3 Å². The standard InChI is InChI=1S/C23H48O4/c1-18(22(7,8)24)17-26-14-12-20(3,4)21(5,6)13-15-27-23(9,10)19(2)16-25-11/h18-19,24H,12-17H2,1-11H3. The number of methoxy groups -OCH3 is 1. The molecular formula is C23H48O4. The number of ether oxygens (including phenoxy) is 3. The zero-order valence-corrected chi connectivity index (χ0v) is 20.1. The Bertz CT molecular complexity index is 407. The van der Waals surface area contributed by atoms with E-state index < -0.39 is 5.60 Å². The molecule has 0 aromatic carbocycles. The largest absolute Gasteiger partial charge is 0.390 e. The Kier molecular flexibility index (Phi) is 10.5. The van der Waals surface area contributed by atoms with Crippen LogP contribution in [0.3, 0.4) is 0 Å². The summed E-state index contributed by atoms with van der Waals surface area (Å²) >= 11 is 0. The van der Waals surface area contributed by atoms with Crippen molar-refractivity contribution in [3.05, 3.63) is 0 Å². The fourth-order valence-electron chi connectivity index (χ4n) is 2.63. The topological polar surface area (TPSA) is 47.9 Å². The molecule has 0 spiro atoms. The molecule has 0 aliphatic heterocycles. The maximum Gasteiger partial charge on any atom is 0.0673 e. The van der Waals surface area contributed by atoms with Gasteiger partial charge in [0.1, 0.15) is 0 Å². The molecule has 0 aliphatic carbocycles. The molecule has 0 radical (unpaired) electrons. The van der Waals surface area contributed by atoms with Gasteiger partial charge in [-0.15, -0.1) is 0 Å². The van der Waals surface area contributed by atoms with Crippen molar-refractivity contribution in [1.29, 1.82) is 0 Å². The second kappa shape index (κ2) is 10.6. The summed E-state index contributed by atoms with van der Waals surface area (Å²) in [5.41, 5.74) is -0.610. The van der Waals surface area contributed by atoms with Crippen molar-refractivity contribution in [3.8, 4) is 0 Å². The van der Waals surface area contributed by atoms with Crippen LogP contribution in [0.1, 0.15) is 82.1 Å². The lowest BCUT2D eigenvalue weighted by molar-refractivity contribution is -0.0893. The van der Waals surface area contributed by atoms with Crippen LogP contribution >= 0.6 is 0 Å². The second-order valence-electron chi connectivity index (χ2n) is 10.7. The van der Waals surface area contributed by atoms with Crippen LogP contribution in [0, 0.1) is 22.7 Å². The van der Waals surface area contributed by atoms with Gasteiger partial charge in [0, 0.05) is 32.2 Å². The van der Waals surface area contributed by atoms with Crippen molar-refractivity contribution in [2.24, 2.45) is 22.7 Å². The van der Waals surface area contributed by atoms with Crippen molar-refractivity contribution < 1.29 is 19.3 Å². The molecule has 0 aromatic rings. The molecule has 2 unspecified atom stereocenters. The molecule has 164 valence electrons. The lowest BCUT2D eigenvalue weighted by atomic mass is 9.64. The van der Waals surface area contributed by atoms with Gasteiger partial charge >= 0.3 is 0 Å². The molecule has 4 nitrogen and oxygen atoms in total. The Morgan fingerprint density at radius 3 is 1.67 bits per heavy atom. The van der Waals surface area contributed by atoms with Crippen molar-refractivity contribution in [3.63, 3.8) is 0 Å². The quantitative estimate of drug-likeness (QED) is 0.409. The van der Waals surface area contributed by atoms with Gasteiger partial charge in [0.25, 0.3) is 0 Å². The molecule has 27 heavy (non-hydrogen) atoms. The molecule has 0 heterocycles. The third-order valence-electron chi connectivity index (χ3n) is 7.08. The summed E-state index contributed by atoms with van der Waals surface area (Å²) in [7, 11) is 1.74. The van der Waals surface area contributed by atoms with Crippen molar-refractivity contribution >= 4 is 0 Å². The highest BCUT2D eigenvalue weighted by atomic mass is 16.5. The fourth-order valence-corrected chi connectivity index (χ4v) is 2.63. The summed E-state index contributed by atoms with van der Waals surface area (Å²) in [6.07, 6.45) is 1.99. The molecule has 0 saturated heterocycles. The summed E-state index contributed by atoms with van der Waals surface area (Å²) in [4.78, 5) is 0. The highest BCUT2D eigenvalue weighted by Gasteiger charge is 2.37. The first-order valence-corrected chi connectivity index (χ1v) is 10.5. The lowest BCUT2D eigenvalue weighted by Gasteiger charge is -2.43. The van der Waals surface area contributed by atoms with E-state index in [0.29, 0.717) is 25.7 Å². The average Bonchev–Trinajstić information content (AvgIpc) is 2.50. The van der Waals surface area contributed by atoms with Gasteiger partial charge in [-0.1, -0.05) is 41.5 Å². The first-order chi connectivity index (χ1) is 12.1. The van der Waals surface area contributed by atoms with E-state index in [1.54, 1.807) is 7.11 Å². The minimum atomic E-state index is -0.696. The molecule has 0 aliphatic rings. The van der Waals surface area contributed by atoms with Crippen LogP contribution in [0.25, 0.3) is 0 Å². The second-order valence-corrected chi connectivity index (χ2v) is 10.7. The van der Waals surface area contributed by atoms with E-state index in [0.717, 1.165) is 19.4 Å². The Morgan fingerprint density at radius 1 is 0.741 bits per heavy atom. The van der Waals surface area contributed by atoms with Gasteiger partial charge in [-0.25, -0.2) is 0 Å². The van der Waals surface area contributed by atoms with Gasteiger partial charge in [-0.2, -0.15) is 0 Å². The molecule has 0 aromatic heterocycles. The van der Waals surface area contributed by atoms with Crippen LogP contribution in [0.4, 0.5) is 0 Å². The monoisotopic (exact) mass is 388 g/mol. The zero-order valence-electron chi connectivity index (χ0n) is 20.1. The Labute approximate surface area is 169 Å². The van der Waals surface area contributed by atoms with Gasteiger partial charge in [0.15, 0.2) is 0 Å². The zero-order chi connectivity index (χ0) is 21.5. The van der Waals surface area contributed by atoms with E-state index in [1.165, 1.54) is 0 Å². The summed E-state index contributed by atoms with van der Waals surface area (Å²) in [5.74, 6) is 0.475. The smallest absolute Gasteiger partial charge is 0.0673 e. The Hall–Kier alpha value is -0.160. The predicted molar refractivity (Wildman–Crippen MR) is 114 cm³/mol. The number of hydrogen-bond donors (Lipinski definition) is 1. The molecular weight excluding hydrogens is 340 g/mol. The number of aliphatic hydroxyl groups is 1. The maximum absolute atomic E-state index is 10.0. The minimum absolute atomic E-state index is 0.123. The lowest BCUT2D eigenvalue weighted by Crippen LogP contribution is -2.39. The van der Waals surface area contributed by atoms with Gasteiger partial charge in [-0.05, 0) is 51.4 Å². The first-order valence-electron chi connectivity index (χ1n) is 10.5. The van der Waals surface area contributed by atoms with E-state index in [-0.39, 0.29) is 22.3 Å². The van der Waals surface area contributed by atoms with Crippen LogP contribution in [0.2, 0.25) is 0 Å². The SMILES string of the molecule is COCC(C)C(C)(C)OCCC(C)(C)C(C)(C)CCOCC(C)C(C)(C)O. The molecule has 4 heteroatoms. The highest BCUT2D eigenvalue weighted by molar-refractivity contribution is 4.86. The number of rotatable bonds is 14. The summed E-state index contributed by atoms with van der Waals surface area (Å²) in [5, 5.41) is 10.0. The van der Waals surface area contributed by atoms with Crippen LogP contribution in [-0.2, 0) is 14.2 Å². The maximum atomic E-state index is 10.0. The molecule has 0 fully saturated rings. The fraction of sp³-hybridized carbons (Fsp3) is 1.00. The molecule has 0 bridgehead atoms. The Balaban J connectivity index is 4.45. The van der Waals surface area contributed by atoms with E-state index in [4.69, 9.17) is 14.2 Å². The minimum Gasteiger partial charge on any atom is -0.390 e. The van der Waals surface area contributed by atoms with Crippen LogP contribution in [0.5, 0.6) is 0 Å². The van der Waals surface area contributed by atoms with E-state index in [9.17, 15) is 5.11 Å². The van der Waals surface area contributed by atoms with E-state index in [2.05, 4.69) is 48.5 Å². The highest BCUT2D eigenvalue weighted by Crippen LogP contribution is 2.44. The molecule has 0 rings (SSSR count). The van der Waals surface area contributed by atoms with Gasteiger partial charge in [-0.3, -0.25) is 0 Å². The third kappa shape index (κ3) is 9.25. The van der Waals surface area contributed by atoms with Crippen LogP contribution < -0.4 is 0 Å². The van der Waals surface area contributed by atoms with Gasteiger partial charge in [0.2, 0.25) is 0 Å². The van der Waals surface area contributed by atoms with Crippen LogP contribution in [-0.4, -0.2) is 49.8 Å². The average molecular weight is 389 g/mol. The molecule has 0 amide bonds. The summed E-state index contributed by atoms with van der Waals surface area (Å²) in [6.45, 7) is 24.2. The Morgan fingerprint density at radius 2 is 1.22 bits per heavy atom.